The fraction of sp³-hybridized carbons (Fsp3) is 0.118. The molecule has 0 radical (unpaired) electrons. The Morgan fingerprint density at radius 1 is 1.07 bits per heavy atom. The van der Waals surface area contributed by atoms with Gasteiger partial charge in [0, 0.05) is 17.7 Å². The maximum atomic E-state index is 12.5. The highest BCUT2D eigenvalue weighted by Gasteiger charge is 2.30. The number of esters is 1. The van der Waals surface area contributed by atoms with E-state index in [1.165, 1.54) is 24.3 Å². The second-order valence-electron chi connectivity index (χ2n) is 5.46. The largest absolute Gasteiger partial charge is 0.452 e. The van der Waals surface area contributed by atoms with Crippen LogP contribution in [0.25, 0.3) is 11.5 Å². The Kier molecular flexibility index (Phi) is 5.07. The van der Waals surface area contributed by atoms with Crippen molar-refractivity contribution < 1.29 is 32.0 Å². The number of halogens is 3. The Hall–Kier alpha value is -3.76. The van der Waals surface area contributed by atoms with E-state index < -0.39 is 22.6 Å². The van der Waals surface area contributed by atoms with Crippen LogP contribution in [0.1, 0.15) is 21.8 Å². The van der Waals surface area contributed by atoms with Crippen molar-refractivity contribution in [2.45, 2.75) is 12.8 Å². The minimum Gasteiger partial charge on any atom is -0.452 e. The summed E-state index contributed by atoms with van der Waals surface area (Å²) >= 11 is 0. The summed E-state index contributed by atoms with van der Waals surface area (Å²) in [6, 6.07) is 8.93. The molecule has 0 saturated heterocycles. The molecule has 3 rings (SSSR count). The fourth-order valence-corrected chi connectivity index (χ4v) is 2.16. The molecule has 0 N–H and O–H groups in total. The Bertz CT molecular complexity index is 998. The molecule has 144 valence electrons. The molecule has 0 aliphatic heterocycles. The lowest BCUT2D eigenvalue weighted by atomic mass is 10.1. The van der Waals surface area contributed by atoms with Crippen molar-refractivity contribution >= 4 is 11.7 Å². The standard InChI is InChI=1S/C17H10F3N3O5/c18-17(19,20)12-5-1-11(2-6-12)16(24)27-9-14-21-22-15(28-14)10-3-7-13(8-4-10)23(25)26/h1-8H,9H2. The molecule has 0 aliphatic carbocycles. The van der Waals surface area contributed by atoms with E-state index in [2.05, 4.69) is 10.2 Å². The summed E-state index contributed by atoms with van der Waals surface area (Å²) in [5, 5.41) is 18.1. The van der Waals surface area contributed by atoms with E-state index in [9.17, 15) is 28.1 Å². The molecule has 0 spiro atoms. The van der Waals surface area contributed by atoms with E-state index in [1.54, 1.807) is 0 Å². The molecule has 0 atom stereocenters. The first-order valence-electron chi connectivity index (χ1n) is 7.65. The van der Waals surface area contributed by atoms with Crippen LogP contribution in [0.3, 0.4) is 0 Å². The van der Waals surface area contributed by atoms with Crippen LogP contribution in [0.2, 0.25) is 0 Å². The number of hydrogen-bond acceptors (Lipinski definition) is 7. The number of rotatable bonds is 5. The van der Waals surface area contributed by atoms with Crippen LogP contribution >= 0.6 is 0 Å². The first-order valence-corrected chi connectivity index (χ1v) is 7.65. The lowest BCUT2D eigenvalue weighted by Crippen LogP contribution is -2.08. The van der Waals surface area contributed by atoms with Crippen molar-refractivity contribution in [1.29, 1.82) is 0 Å². The van der Waals surface area contributed by atoms with Gasteiger partial charge in [0.15, 0.2) is 6.61 Å². The van der Waals surface area contributed by atoms with Gasteiger partial charge in [-0.1, -0.05) is 0 Å². The second-order valence-corrected chi connectivity index (χ2v) is 5.46. The van der Waals surface area contributed by atoms with Crippen LogP contribution in [0.5, 0.6) is 0 Å². The molecule has 0 aliphatic rings. The zero-order chi connectivity index (χ0) is 20.3. The van der Waals surface area contributed by atoms with Crippen molar-refractivity contribution in [3.8, 4) is 11.5 Å². The van der Waals surface area contributed by atoms with Crippen molar-refractivity contribution in [2.75, 3.05) is 0 Å². The number of carbonyl (C=O) groups is 1. The summed E-state index contributed by atoms with van der Waals surface area (Å²) in [7, 11) is 0. The van der Waals surface area contributed by atoms with Crippen molar-refractivity contribution in [1.82, 2.24) is 10.2 Å². The quantitative estimate of drug-likeness (QED) is 0.366. The summed E-state index contributed by atoms with van der Waals surface area (Å²) in [6.45, 7) is -0.389. The monoisotopic (exact) mass is 393 g/mol. The Balaban J connectivity index is 1.62. The number of aromatic nitrogens is 2. The third-order valence-corrected chi connectivity index (χ3v) is 3.57. The van der Waals surface area contributed by atoms with Crippen LogP contribution in [0, 0.1) is 10.1 Å². The summed E-state index contributed by atoms with van der Waals surface area (Å²) in [6.07, 6.45) is -4.50. The molecule has 2 aromatic carbocycles. The van der Waals surface area contributed by atoms with Gasteiger partial charge >= 0.3 is 12.1 Å². The van der Waals surface area contributed by atoms with Crippen LogP contribution in [-0.2, 0) is 17.5 Å². The minimum atomic E-state index is -4.50. The summed E-state index contributed by atoms with van der Waals surface area (Å²) in [5.74, 6) is -0.840. The van der Waals surface area contributed by atoms with Crippen LogP contribution in [-0.4, -0.2) is 21.1 Å². The molecule has 8 nitrogen and oxygen atoms in total. The number of hydrogen-bond donors (Lipinski definition) is 0. The Labute approximate surface area is 154 Å². The average molecular weight is 393 g/mol. The smallest absolute Gasteiger partial charge is 0.416 e. The van der Waals surface area contributed by atoms with Crippen LogP contribution < -0.4 is 0 Å². The highest BCUT2D eigenvalue weighted by atomic mass is 19.4. The van der Waals surface area contributed by atoms with Gasteiger partial charge in [0.2, 0.25) is 5.89 Å². The van der Waals surface area contributed by atoms with Crippen LogP contribution in [0.15, 0.2) is 52.9 Å². The molecule has 0 amide bonds. The molecule has 0 bridgehead atoms. The number of nitro benzene ring substituents is 1. The van der Waals surface area contributed by atoms with Gasteiger partial charge in [0.05, 0.1) is 16.1 Å². The number of ether oxygens (including phenoxy) is 1. The third-order valence-electron chi connectivity index (χ3n) is 3.57. The number of benzene rings is 2. The van der Waals surface area contributed by atoms with E-state index in [4.69, 9.17) is 9.15 Å². The molecule has 3 aromatic rings. The molecular formula is C17H10F3N3O5. The van der Waals surface area contributed by atoms with Crippen molar-refractivity contribution in [3.63, 3.8) is 0 Å². The molecule has 0 unspecified atom stereocenters. The minimum absolute atomic E-state index is 0.0476. The lowest BCUT2D eigenvalue weighted by molar-refractivity contribution is -0.384. The van der Waals surface area contributed by atoms with E-state index in [1.807, 2.05) is 0 Å². The summed E-state index contributed by atoms with van der Waals surface area (Å²) in [5.41, 5.74) is -0.621. The topological polar surface area (TPSA) is 108 Å². The van der Waals surface area contributed by atoms with E-state index in [0.29, 0.717) is 5.56 Å². The highest BCUT2D eigenvalue weighted by Crippen LogP contribution is 2.29. The van der Waals surface area contributed by atoms with Crippen molar-refractivity contribution in [2.24, 2.45) is 0 Å². The van der Waals surface area contributed by atoms with Crippen molar-refractivity contribution in [3.05, 3.63) is 75.7 Å². The second kappa shape index (κ2) is 7.47. The molecule has 0 saturated carbocycles. The summed E-state index contributed by atoms with van der Waals surface area (Å²) < 4.78 is 47.8. The Morgan fingerprint density at radius 3 is 2.29 bits per heavy atom. The first-order chi connectivity index (χ1) is 13.2. The number of nitro groups is 1. The van der Waals surface area contributed by atoms with Gasteiger partial charge in [-0.2, -0.15) is 13.2 Å². The van der Waals surface area contributed by atoms with Gasteiger partial charge in [0.1, 0.15) is 0 Å². The number of carbonyl (C=O) groups excluding carboxylic acids is 1. The zero-order valence-electron chi connectivity index (χ0n) is 13.8. The van der Waals surface area contributed by atoms with Gasteiger partial charge in [-0.15, -0.1) is 10.2 Å². The van der Waals surface area contributed by atoms with E-state index >= 15 is 0 Å². The van der Waals surface area contributed by atoms with Gasteiger partial charge in [0.25, 0.3) is 11.6 Å². The predicted molar refractivity (Wildman–Crippen MR) is 87.0 cm³/mol. The van der Waals surface area contributed by atoms with E-state index in [-0.39, 0.29) is 29.6 Å². The third kappa shape index (κ3) is 4.31. The average Bonchev–Trinajstić information content (AvgIpc) is 3.14. The SMILES string of the molecule is O=C(OCc1nnc(-c2ccc([N+](=O)[O-])cc2)o1)c1ccc(C(F)(F)F)cc1. The fourth-order valence-electron chi connectivity index (χ4n) is 2.16. The maximum Gasteiger partial charge on any atom is 0.416 e. The molecule has 28 heavy (non-hydrogen) atoms. The lowest BCUT2D eigenvalue weighted by Gasteiger charge is -2.07. The molecule has 1 aromatic heterocycles. The maximum absolute atomic E-state index is 12.5. The first kappa shape index (κ1) is 19.0. The Morgan fingerprint density at radius 2 is 1.71 bits per heavy atom. The van der Waals surface area contributed by atoms with Crippen LogP contribution in [0.4, 0.5) is 18.9 Å². The summed E-state index contributed by atoms with van der Waals surface area (Å²) in [4.78, 5) is 22.0. The predicted octanol–water partition coefficient (Wildman–Crippen LogP) is 4.02. The normalized spacial score (nSPS) is 11.2. The van der Waals surface area contributed by atoms with Gasteiger partial charge in [-0.25, -0.2) is 4.79 Å². The molecule has 11 heteroatoms. The van der Waals surface area contributed by atoms with E-state index in [0.717, 1.165) is 24.3 Å². The van der Waals surface area contributed by atoms with Gasteiger partial charge in [-0.05, 0) is 36.4 Å². The molecule has 0 fully saturated rings. The number of alkyl halides is 3. The molecular weight excluding hydrogens is 383 g/mol. The number of nitrogens with zero attached hydrogens (tertiary/aromatic N) is 3. The highest BCUT2D eigenvalue weighted by molar-refractivity contribution is 5.89. The number of non-ortho nitro benzene ring substituents is 1. The van der Waals surface area contributed by atoms with Gasteiger partial charge < -0.3 is 9.15 Å². The molecule has 1 heterocycles. The zero-order valence-corrected chi connectivity index (χ0v) is 13.8. The van der Waals surface area contributed by atoms with Gasteiger partial charge in [-0.3, -0.25) is 10.1 Å².